The standard InChI is InChI=1S/C19H24FN3O2/c1-14-5-6-18(25-14)7-8-19(24)21-11-9-16-10-12-23(22-16)17-4-2-3-15(20)13-17/h2-4,10,12-14,18H,5-9,11H2,1H3,(H,21,24)/t14-,18-/m0/s1. The molecule has 0 saturated carbocycles. The van der Waals surface area contributed by atoms with Crippen LogP contribution in [0, 0.1) is 5.82 Å². The smallest absolute Gasteiger partial charge is 0.220 e. The van der Waals surface area contributed by atoms with Gasteiger partial charge in [-0.1, -0.05) is 6.07 Å². The first-order valence-electron chi connectivity index (χ1n) is 8.83. The summed E-state index contributed by atoms with van der Waals surface area (Å²) in [5, 5.41) is 7.34. The van der Waals surface area contributed by atoms with Crippen LogP contribution in [0.15, 0.2) is 36.5 Å². The Kier molecular flexibility index (Phi) is 5.81. The molecule has 1 amide bonds. The van der Waals surface area contributed by atoms with E-state index in [9.17, 15) is 9.18 Å². The van der Waals surface area contributed by atoms with E-state index in [1.807, 2.05) is 6.07 Å². The van der Waals surface area contributed by atoms with Crippen molar-refractivity contribution in [2.75, 3.05) is 6.54 Å². The van der Waals surface area contributed by atoms with E-state index in [1.54, 1.807) is 23.0 Å². The number of amides is 1. The zero-order chi connectivity index (χ0) is 17.6. The number of hydrogen-bond acceptors (Lipinski definition) is 3. The summed E-state index contributed by atoms with van der Waals surface area (Å²) in [6, 6.07) is 8.17. The highest BCUT2D eigenvalue weighted by Gasteiger charge is 2.22. The van der Waals surface area contributed by atoms with Gasteiger partial charge in [0, 0.05) is 25.6 Å². The number of benzene rings is 1. The fraction of sp³-hybridized carbons (Fsp3) is 0.474. The quantitative estimate of drug-likeness (QED) is 0.839. The second-order valence-electron chi connectivity index (χ2n) is 6.52. The van der Waals surface area contributed by atoms with Crippen molar-refractivity contribution in [3.8, 4) is 5.69 Å². The number of rotatable bonds is 7. The predicted molar refractivity (Wildman–Crippen MR) is 93.0 cm³/mol. The monoisotopic (exact) mass is 345 g/mol. The van der Waals surface area contributed by atoms with Gasteiger partial charge in [0.1, 0.15) is 5.82 Å². The van der Waals surface area contributed by atoms with E-state index in [1.165, 1.54) is 12.1 Å². The highest BCUT2D eigenvalue weighted by molar-refractivity contribution is 5.75. The van der Waals surface area contributed by atoms with Gasteiger partial charge in [-0.3, -0.25) is 4.79 Å². The average Bonchev–Trinajstić information content (AvgIpc) is 3.22. The number of hydrogen-bond donors (Lipinski definition) is 1. The minimum Gasteiger partial charge on any atom is -0.375 e. The Hall–Kier alpha value is -2.21. The normalized spacial score (nSPS) is 19.9. The number of ether oxygens (including phenoxy) is 1. The molecule has 1 aromatic carbocycles. The van der Waals surface area contributed by atoms with Crippen molar-refractivity contribution in [2.45, 2.75) is 51.2 Å². The number of aromatic nitrogens is 2. The molecular formula is C19H24FN3O2. The minimum atomic E-state index is -0.289. The number of nitrogens with one attached hydrogen (secondary N) is 1. The molecule has 1 saturated heterocycles. The van der Waals surface area contributed by atoms with E-state index in [4.69, 9.17) is 4.74 Å². The third kappa shape index (κ3) is 5.13. The Morgan fingerprint density at radius 1 is 1.40 bits per heavy atom. The summed E-state index contributed by atoms with van der Waals surface area (Å²) in [6.45, 7) is 2.62. The van der Waals surface area contributed by atoms with Gasteiger partial charge in [0.25, 0.3) is 0 Å². The first-order valence-corrected chi connectivity index (χ1v) is 8.83. The molecule has 1 fully saturated rings. The van der Waals surface area contributed by atoms with Crippen LogP contribution in [0.2, 0.25) is 0 Å². The Balaban J connectivity index is 1.39. The van der Waals surface area contributed by atoms with Gasteiger partial charge in [-0.05, 0) is 50.5 Å². The van der Waals surface area contributed by atoms with Crippen LogP contribution in [-0.4, -0.2) is 34.4 Å². The topological polar surface area (TPSA) is 56.2 Å². The lowest BCUT2D eigenvalue weighted by molar-refractivity contribution is -0.121. The molecule has 0 radical (unpaired) electrons. The lowest BCUT2D eigenvalue weighted by atomic mass is 10.1. The molecule has 1 aliphatic rings. The largest absolute Gasteiger partial charge is 0.375 e. The van der Waals surface area contributed by atoms with Crippen molar-refractivity contribution in [1.82, 2.24) is 15.1 Å². The molecular weight excluding hydrogens is 321 g/mol. The molecule has 0 spiro atoms. The molecule has 2 aromatic rings. The van der Waals surface area contributed by atoms with E-state index < -0.39 is 0 Å². The van der Waals surface area contributed by atoms with Crippen LogP contribution in [-0.2, 0) is 16.0 Å². The average molecular weight is 345 g/mol. The van der Waals surface area contributed by atoms with E-state index >= 15 is 0 Å². The first-order chi connectivity index (χ1) is 12.1. The second-order valence-corrected chi connectivity index (χ2v) is 6.52. The molecule has 1 N–H and O–H groups in total. The molecule has 5 nitrogen and oxygen atoms in total. The molecule has 1 aromatic heterocycles. The maximum Gasteiger partial charge on any atom is 0.220 e. The van der Waals surface area contributed by atoms with Gasteiger partial charge in [0.2, 0.25) is 5.91 Å². The van der Waals surface area contributed by atoms with Crippen molar-refractivity contribution >= 4 is 5.91 Å². The maximum absolute atomic E-state index is 13.3. The Labute approximate surface area is 147 Å². The van der Waals surface area contributed by atoms with Gasteiger partial charge in [0.15, 0.2) is 0 Å². The van der Waals surface area contributed by atoms with Crippen LogP contribution in [0.3, 0.4) is 0 Å². The first kappa shape index (κ1) is 17.6. The number of nitrogens with zero attached hydrogens (tertiary/aromatic N) is 2. The van der Waals surface area contributed by atoms with E-state index in [0.29, 0.717) is 31.2 Å². The Bertz CT molecular complexity index is 716. The zero-order valence-electron chi connectivity index (χ0n) is 14.5. The Morgan fingerprint density at radius 2 is 2.28 bits per heavy atom. The van der Waals surface area contributed by atoms with E-state index in [2.05, 4.69) is 17.3 Å². The fourth-order valence-electron chi connectivity index (χ4n) is 3.07. The summed E-state index contributed by atoms with van der Waals surface area (Å²) in [6.07, 6.45) is 6.39. The van der Waals surface area contributed by atoms with E-state index in [-0.39, 0.29) is 17.8 Å². The molecule has 3 rings (SSSR count). The highest BCUT2D eigenvalue weighted by Crippen LogP contribution is 2.22. The highest BCUT2D eigenvalue weighted by atomic mass is 19.1. The van der Waals surface area contributed by atoms with Crippen molar-refractivity contribution in [1.29, 1.82) is 0 Å². The number of halogens is 1. The second kappa shape index (κ2) is 8.25. The maximum atomic E-state index is 13.3. The lowest BCUT2D eigenvalue weighted by Crippen LogP contribution is -2.26. The van der Waals surface area contributed by atoms with Gasteiger partial charge in [-0.2, -0.15) is 5.10 Å². The molecule has 0 unspecified atom stereocenters. The number of carbonyl (C=O) groups excluding carboxylic acids is 1. The summed E-state index contributed by atoms with van der Waals surface area (Å²) in [5.41, 5.74) is 1.54. The summed E-state index contributed by atoms with van der Waals surface area (Å²) in [4.78, 5) is 11.9. The van der Waals surface area contributed by atoms with Crippen molar-refractivity contribution < 1.29 is 13.9 Å². The van der Waals surface area contributed by atoms with Gasteiger partial charge in [-0.25, -0.2) is 9.07 Å². The van der Waals surface area contributed by atoms with Gasteiger partial charge >= 0.3 is 0 Å². The molecule has 1 aliphatic heterocycles. The van der Waals surface area contributed by atoms with Crippen molar-refractivity contribution in [2.24, 2.45) is 0 Å². The Morgan fingerprint density at radius 3 is 3.04 bits per heavy atom. The number of carbonyl (C=O) groups is 1. The SMILES string of the molecule is C[C@H]1CC[C@@H](CCC(=O)NCCc2ccn(-c3cccc(F)c3)n2)O1. The molecule has 2 atom stereocenters. The van der Waals surface area contributed by atoms with Gasteiger partial charge in [0.05, 0.1) is 23.6 Å². The molecule has 6 heteroatoms. The zero-order valence-corrected chi connectivity index (χ0v) is 14.5. The third-order valence-corrected chi connectivity index (χ3v) is 4.43. The predicted octanol–water partition coefficient (Wildman–Crippen LogP) is 3.02. The van der Waals surface area contributed by atoms with E-state index in [0.717, 1.165) is 25.0 Å². The molecule has 134 valence electrons. The van der Waals surface area contributed by atoms with Crippen molar-refractivity contribution in [3.63, 3.8) is 0 Å². The summed E-state index contributed by atoms with van der Waals surface area (Å²) in [5.74, 6) is -0.241. The van der Waals surface area contributed by atoms with Crippen LogP contribution in [0.4, 0.5) is 4.39 Å². The van der Waals surface area contributed by atoms with Crippen LogP contribution < -0.4 is 5.32 Å². The molecule has 0 bridgehead atoms. The molecule has 0 aliphatic carbocycles. The van der Waals surface area contributed by atoms with Crippen LogP contribution in [0.1, 0.15) is 38.3 Å². The lowest BCUT2D eigenvalue weighted by Gasteiger charge is -2.10. The van der Waals surface area contributed by atoms with Gasteiger partial charge < -0.3 is 10.1 Å². The summed E-state index contributed by atoms with van der Waals surface area (Å²) < 4.78 is 20.6. The van der Waals surface area contributed by atoms with Crippen LogP contribution in [0.5, 0.6) is 0 Å². The van der Waals surface area contributed by atoms with Crippen LogP contribution in [0.25, 0.3) is 5.69 Å². The third-order valence-electron chi connectivity index (χ3n) is 4.43. The summed E-state index contributed by atoms with van der Waals surface area (Å²) in [7, 11) is 0. The molecule has 25 heavy (non-hydrogen) atoms. The summed E-state index contributed by atoms with van der Waals surface area (Å²) >= 11 is 0. The molecule has 2 heterocycles. The van der Waals surface area contributed by atoms with Crippen molar-refractivity contribution in [3.05, 3.63) is 48.0 Å². The minimum absolute atomic E-state index is 0.0488. The fourth-order valence-corrected chi connectivity index (χ4v) is 3.07. The van der Waals surface area contributed by atoms with Crippen LogP contribution >= 0.6 is 0 Å². The van der Waals surface area contributed by atoms with Gasteiger partial charge in [-0.15, -0.1) is 0 Å².